The maximum Gasteiger partial charge on any atom is 0.120 e. The van der Waals surface area contributed by atoms with Gasteiger partial charge in [0.25, 0.3) is 0 Å². The Balaban J connectivity index is 1.51. The molecule has 2 fully saturated rings. The molecule has 3 heteroatoms. The lowest BCUT2D eigenvalue weighted by molar-refractivity contribution is 0.00511. The third kappa shape index (κ3) is 1.75. The Hall–Kier alpha value is -0.900. The zero-order valence-corrected chi connectivity index (χ0v) is 9.13. The zero-order chi connectivity index (χ0) is 11.0. The summed E-state index contributed by atoms with van der Waals surface area (Å²) in [5.41, 5.74) is 0.948. The van der Waals surface area contributed by atoms with Crippen LogP contribution in [-0.2, 0) is 16.1 Å². The molecule has 3 nitrogen and oxygen atoms in total. The molecule has 1 saturated carbocycles. The molecule has 0 amide bonds. The van der Waals surface area contributed by atoms with Gasteiger partial charge in [0.15, 0.2) is 0 Å². The maximum atomic E-state index is 9.19. The summed E-state index contributed by atoms with van der Waals surface area (Å²) in [4.78, 5) is 0. The summed E-state index contributed by atoms with van der Waals surface area (Å²) in [6, 6.07) is 10.2. The Labute approximate surface area is 95.0 Å². The third-order valence-electron chi connectivity index (χ3n) is 3.55. The van der Waals surface area contributed by atoms with Crippen molar-refractivity contribution < 1.29 is 14.6 Å². The van der Waals surface area contributed by atoms with E-state index >= 15 is 0 Å². The fraction of sp³-hybridized carbons (Fsp3) is 0.538. The summed E-state index contributed by atoms with van der Waals surface area (Å²) in [6.07, 6.45) is 2.23. The highest BCUT2D eigenvalue weighted by Gasteiger charge is 2.62. The summed E-state index contributed by atoms with van der Waals surface area (Å²) in [5, 5.41) is 9.19. The van der Waals surface area contributed by atoms with E-state index in [1.807, 2.05) is 18.2 Å². The van der Waals surface area contributed by atoms with Crippen molar-refractivity contribution in [3.05, 3.63) is 35.9 Å². The molecular formula is C13H16O3. The molecule has 1 saturated heterocycles. The van der Waals surface area contributed by atoms with Crippen LogP contribution in [0.4, 0.5) is 0 Å². The lowest BCUT2D eigenvalue weighted by Gasteiger charge is -2.15. The minimum absolute atomic E-state index is 0.128. The van der Waals surface area contributed by atoms with Gasteiger partial charge in [-0.2, -0.15) is 0 Å². The Morgan fingerprint density at radius 1 is 1.38 bits per heavy atom. The summed E-state index contributed by atoms with van der Waals surface area (Å²) in [5.74, 6) is 0. The first-order chi connectivity index (χ1) is 7.82. The van der Waals surface area contributed by atoms with Crippen molar-refractivity contribution in [2.75, 3.05) is 6.61 Å². The van der Waals surface area contributed by atoms with E-state index in [-0.39, 0.29) is 24.4 Å². The molecule has 3 atom stereocenters. The van der Waals surface area contributed by atoms with Crippen LogP contribution in [0.15, 0.2) is 30.3 Å². The van der Waals surface area contributed by atoms with Gasteiger partial charge in [-0.1, -0.05) is 30.3 Å². The number of benzene rings is 1. The predicted molar refractivity (Wildman–Crippen MR) is 58.9 cm³/mol. The van der Waals surface area contributed by atoms with Gasteiger partial charge in [0.05, 0.1) is 25.4 Å². The molecule has 0 bridgehead atoms. The Morgan fingerprint density at radius 3 is 2.88 bits per heavy atom. The Bertz CT molecular complexity index is 361. The summed E-state index contributed by atoms with van der Waals surface area (Å²) < 4.78 is 11.3. The second-order valence-corrected chi connectivity index (χ2v) is 4.69. The summed E-state index contributed by atoms with van der Waals surface area (Å²) in [6.45, 7) is 0.780. The quantitative estimate of drug-likeness (QED) is 0.782. The van der Waals surface area contributed by atoms with Crippen molar-refractivity contribution in [1.29, 1.82) is 0 Å². The fourth-order valence-electron chi connectivity index (χ4n) is 2.52. The molecule has 1 heterocycles. The van der Waals surface area contributed by atoms with Crippen molar-refractivity contribution in [3.8, 4) is 0 Å². The molecule has 1 aromatic carbocycles. The number of aliphatic hydroxyl groups is 1. The van der Waals surface area contributed by atoms with Crippen LogP contribution in [0.25, 0.3) is 0 Å². The summed E-state index contributed by atoms with van der Waals surface area (Å²) >= 11 is 0. The molecule has 1 aromatic rings. The van der Waals surface area contributed by atoms with E-state index in [9.17, 15) is 5.11 Å². The van der Waals surface area contributed by atoms with Gasteiger partial charge >= 0.3 is 0 Å². The zero-order valence-electron chi connectivity index (χ0n) is 9.13. The normalized spacial score (nSPS) is 36.1. The first-order valence-electron chi connectivity index (χ1n) is 5.77. The van der Waals surface area contributed by atoms with Gasteiger partial charge in [0.2, 0.25) is 0 Å². The predicted octanol–water partition coefficient (Wildman–Crippen LogP) is 1.50. The third-order valence-corrected chi connectivity index (χ3v) is 3.55. The largest absolute Gasteiger partial charge is 0.393 e. The van der Waals surface area contributed by atoms with Gasteiger partial charge in [-0.25, -0.2) is 0 Å². The van der Waals surface area contributed by atoms with Crippen LogP contribution in [0.5, 0.6) is 0 Å². The number of hydrogen-bond donors (Lipinski definition) is 1. The molecule has 1 aliphatic heterocycles. The van der Waals surface area contributed by atoms with Crippen LogP contribution in [0, 0.1) is 0 Å². The SMILES string of the molecule is OCC12CC(OCc3ccccc3)CC1O2. The van der Waals surface area contributed by atoms with E-state index in [0.29, 0.717) is 6.61 Å². The van der Waals surface area contributed by atoms with Crippen molar-refractivity contribution in [2.24, 2.45) is 0 Å². The number of rotatable bonds is 4. The molecule has 0 aromatic heterocycles. The molecule has 0 radical (unpaired) electrons. The number of hydrogen-bond acceptors (Lipinski definition) is 3. The van der Waals surface area contributed by atoms with Crippen molar-refractivity contribution in [1.82, 2.24) is 0 Å². The molecule has 3 unspecified atom stereocenters. The molecule has 86 valence electrons. The maximum absolute atomic E-state index is 9.19. The van der Waals surface area contributed by atoms with Crippen molar-refractivity contribution >= 4 is 0 Å². The first-order valence-corrected chi connectivity index (χ1v) is 5.77. The second kappa shape index (κ2) is 3.84. The molecular weight excluding hydrogens is 204 g/mol. The number of fused-ring (bicyclic) bond motifs is 1. The van der Waals surface area contributed by atoms with E-state index in [1.165, 1.54) is 5.56 Å². The van der Waals surface area contributed by atoms with Crippen LogP contribution < -0.4 is 0 Å². The van der Waals surface area contributed by atoms with Crippen LogP contribution >= 0.6 is 0 Å². The second-order valence-electron chi connectivity index (χ2n) is 4.69. The van der Waals surface area contributed by atoms with Gasteiger partial charge < -0.3 is 14.6 Å². The molecule has 0 spiro atoms. The number of ether oxygens (including phenoxy) is 2. The van der Waals surface area contributed by atoms with E-state index in [2.05, 4.69) is 12.1 Å². The Morgan fingerprint density at radius 2 is 2.19 bits per heavy atom. The molecule has 1 N–H and O–H groups in total. The molecule has 1 aliphatic carbocycles. The standard InChI is InChI=1S/C13H16O3/c14-9-13-7-11(6-12(13)16-13)15-8-10-4-2-1-3-5-10/h1-5,11-12,14H,6-9H2. The van der Waals surface area contributed by atoms with E-state index in [1.54, 1.807) is 0 Å². The summed E-state index contributed by atoms with van der Waals surface area (Å²) in [7, 11) is 0. The van der Waals surface area contributed by atoms with Crippen LogP contribution in [0.2, 0.25) is 0 Å². The molecule has 16 heavy (non-hydrogen) atoms. The van der Waals surface area contributed by atoms with Gasteiger partial charge in [0.1, 0.15) is 5.60 Å². The lowest BCUT2D eigenvalue weighted by Crippen LogP contribution is -2.20. The van der Waals surface area contributed by atoms with Gasteiger partial charge in [0, 0.05) is 12.8 Å². The van der Waals surface area contributed by atoms with Crippen LogP contribution in [0.1, 0.15) is 18.4 Å². The van der Waals surface area contributed by atoms with Crippen molar-refractivity contribution in [3.63, 3.8) is 0 Å². The van der Waals surface area contributed by atoms with E-state index in [4.69, 9.17) is 9.47 Å². The topological polar surface area (TPSA) is 42.0 Å². The fourth-order valence-corrected chi connectivity index (χ4v) is 2.52. The smallest absolute Gasteiger partial charge is 0.120 e. The van der Waals surface area contributed by atoms with Crippen molar-refractivity contribution in [2.45, 2.75) is 37.3 Å². The Kier molecular flexibility index (Phi) is 2.46. The van der Waals surface area contributed by atoms with Crippen LogP contribution in [-0.4, -0.2) is 29.5 Å². The van der Waals surface area contributed by atoms with E-state index < -0.39 is 0 Å². The monoisotopic (exact) mass is 220 g/mol. The van der Waals surface area contributed by atoms with E-state index in [0.717, 1.165) is 12.8 Å². The van der Waals surface area contributed by atoms with Gasteiger partial charge in [-0.3, -0.25) is 0 Å². The lowest BCUT2D eigenvalue weighted by atomic mass is 10.1. The average molecular weight is 220 g/mol. The van der Waals surface area contributed by atoms with Gasteiger partial charge in [-0.05, 0) is 5.56 Å². The average Bonchev–Trinajstić information content (AvgIpc) is 2.91. The first kappa shape index (κ1) is 10.3. The highest BCUT2D eigenvalue weighted by Crippen LogP contribution is 2.50. The number of epoxide rings is 1. The van der Waals surface area contributed by atoms with Crippen LogP contribution in [0.3, 0.4) is 0 Å². The van der Waals surface area contributed by atoms with Gasteiger partial charge in [-0.15, -0.1) is 0 Å². The highest BCUT2D eigenvalue weighted by molar-refractivity contribution is 5.14. The minimum Gasteiger partial charge on any atom is -0.393 e. The molecule has 3 rings (SSSR count). The minimum atomic E-state index is -0.249. The highest BCUT2D eigenvalue weighted by atomic mass is 16.6. The molecule has 2 aliphatic rings. The number of aliphatic hydroxyl groups excluding tert-OH is 1.